The second-order valence-electron chi connectivity index (χ2n) is 5.40. The summed E-state index contributed by atoms with van der Waals surface area (Å²) in [5.74, 6) is -0.233. The van der Waals surface area contributed by atoms with Gasteiger partial charge in [0.05, 0.1) is 6.54 Å². The van der Waals surface area contributed by atoms with E-state index in [1.165, 1.54) is 10.9 Å². The fraction of sp³-hybridized carbons (Fsp3) is 0.412. The first-order chi connectivity index (χ1) is 11.1. The van der Waals surface area contributed by atoms with Crippen LogP contribution in [0, 0.1) is 6.92 Å². The third kappa shape index (κ3) is 5.56. The second kappa shape index (κ2) is 8.53. The molecule has 124 valence electrons. The molecule has 1 amide bonds. The summed E-state index contributed by atoms with van der Waals surface area (Å²) in [4.78, 5) is 24.1. The molecule has 0 aliphatic rings. The van der Waals surface area contributed by atoms with Crippen molar-refractivity contribution < 1.29 is 19.1 Å². The Balaban J connectivity index is 1.61. The summed E-state index contributed by atoms with van der Waals surface area (Å²) in [6.45, 7) is 1.82. The van der Waals surface area contributed by atoms with Crippen molar-refractivity contribution in [3.63, 3.8) is 0 Å². The van der Waals surface area contributed by atoms with Crippen LogP contribution in [0.4, 0.5) is 0 Å². The van der Waals surface area contributed by atoms with E-state index in [1.54, 1.807) is 18.3 Å². The van der Waals surface area contributed by atoms with E-state index in [2.05, 4.69) is 22.8 Å². The summed E-state index contributed by atoms with van der Waals surface area (Å²) >= 11 is 1.77. The predicted octanol–water partition coefficient (Wildman–Crippen LogP) is 3.77. The molecule has 0 aliphatic carbocycles. The van der Waals surface area contributed by atoms with Crippen molar-refractivity contribution in [2.75, 3.05) is 0 Å². The number of unbranched alkanes of at least 4 members (excludes halogenated alkanes) is 2. The highest BCUT2D eigenvalue weighted by molar-refractivity contribution is 7.09. The zero-order chi connectivity index (χ0) is 16.7. The van der Waals surface area contributed by atoms with Gasteiger partial charge < -0.3 is 14.8 Å². The fourth-order valence-corrected chi connectivity index (χ4v) is 3.08. The lowest BCUT2D eigenvalue weighted by Gasteiger charge is -2.03. The molecule has 0 saturated carbocycles. The lowest BCUT2D eigenvalue weighted by atomic mass is 10.1. The van der Waals surface area contributed by atoms with Crippen LogP contribution < -0.4 is 5.32 Å². The molecular weight excluding hydrogens is 314 g/mol. The highest BCUT2D eigenvalue weighted by Crippen LogP contribution is 2.15. The maximum absolute atomic E-state index is 11.8. The Kier molecular flexibility index (Phi) is 6.40. The van der Waals surface area contributed by atoms with E-state index < -0.39 is 5.97 Å². The number of rotatable bonds is 9. The van der Waals surface area contributed by atoms with Gasteiger partial charge in [0.2, 0.25) is 5.91 Å². The molecule has 5 nitrogen and oxygen atoms in total. The molecule has 2 aromatic rings. The van der Waals surface area contributed by atoms with Crippen LogP contribution in [0.5, 0.6) is 0 Å². The molecular formula is C17H21NO4S. The number of nitrogens with one attached hydrogen (secondary N) is 1. The predicted molar refractivity (Wildman–Crippen MR) is 88.7 cm³/mol. The summed E-state index contributed by atoms with van der Waals surface area (Å²) in [5.41, 5.74) is 0.142. The van der Waals surface area contributed by atoms with Gasteiger partial charge in [0, 0.05) is 11.3 Å². The zero-order valence-electron chi connectivity index (χ0n) is 13.1. The van der Waals surface area contributed by atoms with Crippen molar-refractivity contribution in [2.45, 2.75) is 45.6 Å². The van der Waals surface area contributed by atoms with Crippen molar-refractivity contribution in [3.05, 3.63) is 45.5 Å². The Morgan fingerprint density at radius 2 is 2.13 bits per heavy atom. The van der Waals surface area contributed by atoms with Crippen LogP contribution >= 0.6 is 11.3 Å². The molecule has 2 N–H and O–H groups in total. The van der Waals surface area contributed by atoms with E-state index in [0.29, 0.717) is 17.9 Å². The molecule has 2 rings (SSSR count). The summed E-state index contributed by atoms with van der Waals surface area (Å²) in [5, 5.41) is 13.8. The minimum atomic E-state index is -1.02. The van der Waals surface area contributed by atoms with Gasteiger partial charge in [-0.3, -0.25) is 4.79 Å². The molecule has 0 spiro atoms. The first kappa shape index (κ1) is 17.3. The molecule has 6 heteroatoms. The topological polar surface area (TPSA) is 79.5 Å². The number of amides is 1. The smallest absolute Gasteiger partial charge is 0.339 e. The standard InChI is InChI=1S/C17H21NO4S/c1-12-15(17(20)21)10-13(22-12)11-18-16(19)8-4-2-3-6-14-7-5-9-23-14/h5,7,9-10H,2-4,6,8,11H2,1H3,(H,18,19)(H,20,21). The normalized spacial score (nSPS) is 10.7. The molecule has 2 heterocycles. The van der Waals surface area contributed by atoms with Gasteiger partial charge in [0.25, 0.3) is 0 Å². The first-order valence-corrected chi connectivity index (χ1v) is 8.56. The summed E-state index contributed by atoms with van der Waals surface area (Å²) in [6, 6.07) is 5.65. The van der Waals surface area contributed by atoms with Gasteiger partial charge in [-0.15, -0.1) is 11.3 Å². The molecule has 0 radical (unpaired) electrons. The number of thiophene rings is 1. The van der Waals surface area contributed by atoms with Gasteiger partial charge in [-0.2, -0.15) is 0 Å². The van der Waals surface area contributed by atoms with E-state index in [0.717, 1.165) is 25.7 Å². The Morgan fingerprint density at radius 1 is 1.30 bits per heavy atom. The maximum Gasteiger partial charge on any atom is 0.339 e. The van der Waals surface area contributed by atoms with Crippen LogP contribution in [0.25, 0.3) is 0 Å². The van der Waals surface area contributed by atoms with Crippen molar-refractivity contribution in [1.29, 1.82) is 0 Å². The van der Waals surface area contributed by atoms with Crippen molar-refractivity contribution in [1.82, 2.24) is 5.32 Å². The molecule has 0 aromatic carbocycles. The van der Waals surface area contributed by atoms with Crippen LogP contribution in [-0.4, -0.2) is 17.0 Å². The Labute approximate surface area is 139 Å². The number of aromatic carboxylic acids is 1. The Hall–Kier alpha value is -2.08. The molecule has 0 atom stereocenters. The van der Waals surface area contributed by atoms with Gasteiger partial charge in [0.1, 0.15) is 17.1 Å². The van der Waals surface area contributed by atoms with Gasteiger partial charge in [0.15, 0.2) is 0 Å². The third-order valence-corrected chi connectivity index (χ3v) is 4.50. The number of furan rings is 1. The minimum Gasteiger partial charge on any atom is -0.478 e. The highest BCUT2D eigenvalue weighted by Gasteiger charge is 2.13. The number of carbonyl (C=O) groups is 2. The molecule has 0 fully saturated rings. The van der Waals surface area contributed by atoms with E-state index in [1.807, 2.05) is 0 Å². The van der Waals surface area contributed by atoms with Gasteiger partial charge in [-0.25, -0.2) is 4.79 Å². The molecule has 0 bridgehead atoms. The molecule has 0 aliphatic heterocycles. The van der Waals surface area contributed by atoms with Crippen LogP contribution in [0.1, 0.15) is 52.4 Å². The van der Waals surface area contributed by atoms with Crippen molar-refractivity contribution in [2.24, 2.45) is 0 Å². The first-order valence-electron chi connectivity index (χ1n) is 7.68. The molecule has 0 unspecified atom stereocenters. The zero-order valence-corrected chi connectivity index (χ0v) is 13.9. The highest BCUT2D eigenvalue weighted by atomic mass is 32.1. The van der Waals surface area contributed by atoms with Crippen LogP contribution in [0.15, 0.2) is 28.0 Å². The summed E-state index contributed by atoms with van der Waals surface area (Å²) in [7, 11) is 0. The average Bonchev–Trinajstić information content (AvgIpc) is 3.14. The monoisotopic (exact) mass is 335 g/mol. The summed E-state index contributed by atoms with van der Waals surface area (Å²) in [6.07, 6.45) is 4.52. The fourth-order valence-electron chi connectivity index (χ4n) is 2.33. The maximum atomic E-state index is 11.8. The lowest BCUT2D eigenvalue weighted by Crippen LogP contribution is -2.22. The lowest BCUT2D eigenvalue weighted by molar-refractivity contribution is -0.121. The van der Waals surface area contributed by atoms with E-state index in [4.69, 9.17) is 9.52 Å². The van der Waals surface area contributed by atoms with Gasteiger partial charge in [-0.05, 0) is 43.7 Å². The van der Waals surface area contributed by atoms with Crippen molar-refractivity contribution >= 4 is 23.2 Å². The second-order valence-corrected chi connectivity index (χ2v) is 6.44. The number of hydrogen-bond acceptors (Lipinski definition) is 4. The van der Waals surface area contributed by atoms with Crippen LogP contribution in [0.2, 0.25) is 0 Å². The summed E-state index contributed by atoms with van der Waals surface area (Å²) < 4.78 is 5.32. The van der Waals surface area contributed by atoms with Gasteiger partial charge >= 0.3 is 5.97 Å². The van der Waals surface area contributed by atoms with E-state index >= 15 is 0 Å². The van der Waals surface area contributed by atoms with Crippen LogP contribution in [0.3, 0.4) is 0 Å². The number of carbonyl (C=O) groups excluding carboxylic acids is 1. The molecule has 2 aromatic heterocycles. The quantitative estimate of drug-likeness (QED) is 0.684. The van der Waals surface area contributed by atoms with Gasteiger partial charge in [-0.1, -0.05) is 12.5 Å². The van der Waals surface area contributed by atoms with Crippen LogP contribution in [-0.2, 0) is 17.8 Å². The third-order valence-electron chi connectivity index (χ3n) is 3.57. The SMILES string of the molecule is Cc1oc(CNC(=O)CCCCCc2cccs2)cc1C(=O)O. The van der Waals surface area contributed by atoms with E-state index in [-0.39, 0.29) is 18.0 Å². The number of hydrogen-bond donors (Lipinski definition) is 2. The Morgan fingerprint density at radius 3 is 2.78 bits per heavy atom. The minimum absolute atomic E-state index is 0.0351. The Bertz CT molecular complexity index is 646. The number of carboxylic acids is 1. The number of carboxylic acid groups (broad SMARTS) is 1. The molecule has 0 saturated heterocycles. The number of aryl methyl sites for hydroxylation is 2. The average molecular weight is 335 g/mol. The van der Waals surface area contributed by atoms with E-state index in [9.17, 15) is 9.59 Å². The largest absolute Gasteiger partial charge is 0.478 e. The molecule has 23 heavy (non-hydrogen) atoms. The van der Waals surface area contributed by atoms with Crippen molar-refractivity contribution in [3.8, 4) is 0 Å².